The number of hydrogen-bond acceptors (Lipinski definition) is 4. The fraction of sp³-hybridized carbons (Fsp3) is 0.588. The van der Waals surface area contributed by atoms with Crippen LogP contribution in [0.15, 0.2) is 18.3 Å². The number of alkyl halides is 6. The van der Waals surface area contributed by atoms with Crippen molar-refractivity contribution in [3.8, 4) is 0 Å². The normalized spacial score (nSPS) is 22.5. The molecule has 2 aliphatic rings. The zero-order valence-corrected chi connectivity index (χ0v) is 15.3. The molecule has 1 unspecified atom stereocenters. The molecule has 0 saturated carbocycles. The number of carbonyl (C=O) groups excluding carboxylic acids is 1. The van der Waals surface area contributed by atoms with E-state index < -0.39 is 24.0 Å². The fourth-order valence-electron chi connectivity index (χ4n) is 3.35. The number of likely N-dealkylation sites (N-methyl/N-ethyl adjacent to an activating group) is 1. The summed E-state index contributed by atoms with van der Waals surface area (Å²) in [6.45, 7) is 2.19. The number of rotatable bonds is 1. The average molecular weight is 427 g/mol. The van der Waals surface area contributed by atoms with E-state index in [1.807, 2.05) is 7.05 Å². The van der Waals surface area contributed by atoms with Crippen molar-refractivity contribution in [3.63, 3.8) is 0 Å². The number of aromatic nitrogens is 1. The van der Waals surface area contributed by atoms with Crippen molar-refractivity contribution in [1.82, 2.24) is 14.8 Å². The second-order valence-electron chi connectivity index (χ2n) is 6.96. The third-order valence-electron chi connectivity index (χ3n) is 5.10. The van der Waals surface area contributed by atoms with E-state index in [0.717, 1.165) is 38.1 Å². The third-order valence-corrected chi connectivity index (χ3v) is 5.10. The van der Waals surface area contributed by atoms with Gasteiger partial charge in [0.1, 0.15) is 5.69 Å². The molecule has 1 N–H and O–H groups in total. The van der Waals surface area contributed by atoms with Crippen LogP contribution < -0.4 is 0 Å². The van der Waals surface area contributed by atoms with Crippen LogP contribution in [0.25, 0.3) is 0 Å². The summed E-state index contributed by atoms with van der Waals surface area (Å²) in [5, 5.41) is 7.12. The Labute approximate surface area is 162 Å². The molecule has 2 aliphatic heterocycles. The van der Waals surface area contributed by atoms with E-state index in [2.05, 4.69) is 9.88 Å². The van der Waals surface area contributed by atoms with Crippen molar-refractivity contribution < 1.29 is 41.0 Å². The molecular weight excluding hydrogens is 408 g/mol. The molecule has 0 aromatic carbocycles. The molecule has 0 radical (unpaired) electrons. The van der Waals surface area contributed by atoms with Crippen LogP contribution in [0.4, 0.5) is 26.3 Å². The summed E-state index contributed by atoms with van der Waals surface area (Å²) in [7, 11) is 2.03. The number of carbonyl (C=O) groups is 2. The highest BCUT2D eigenvalue weighted by molar-refractivity contribution is 5.94. The number of likely N-dealkylation sites (tertiary alicyclic amines) is 2. The van der Waals surface area contributed by atoms with Crippen LogP contribution in [0.2, 0.25) is 0 Å². The lowest BCUT2D eigenvalue weighted by molar-refractivity contribution is -0.192. The molecule has 0 bridgehead atoms. The Balaban J connectivity index is 0.000000370. The lowest BCUT2D eigenvalue weighted by Crippen LogP contribution is -2.66. The molecule has 1 atom stereocenters. The van der Waals surface area contributed by atoms with Gasteiger partial charge in [0.05, 0.1) is 0 Å². The molecule has 3 heterocycles. The second-order valence-corrected chi connectivity index (χ2v) is 6.96. The van der Waals surface area contributed by atoms with Crippen LogP contribution in [-0.4, -0.2) is 70.2 Å². The smallest absolute Gasteiger partial charge is 0.475 e. The van der Waals surface area contributed by atoms with E-state index in [0.29, 0.717) is 13.1 Å². The van der Waals surface area contributed by atoms with Crippen molar-refractivity contribution in [2.24, 2.45) is 0 Å². The molecule has 6 nitrogen and oxygen atoms in total. The molecule has 0 aliphatic carbocycles. The highest BCUT2D eigenvalue weighted by Gasteiger charge is 2.46. The molecular formula is C17H19F6N3O3. The number of pyridine rings is 1. The number of piperidine rings is 1. The van der Waals surface area contributed by atoms with Gasteiger partial charge < -0.3 is 10.0 Å². The van der Waals surface area contributed by atoms with Crippen LogP contribution in [0.5, 0.6) is 0 Å². The van der Waals surface area contributed by atoms with Gasteiger partial charge in [-0.1, -0.05) is 0 Å². The first kappa shape index (κ1) is 22.9. The summed E-state index contributed by atoms with van der Waals surface area (Å²) >= 11 is 0. The molecule has 12 heteroatoms. The van der Waals surface area contributed by atoms with E-state index in [1.165, 1.54) is 6.07 Å². The maximum Gasteiger partial charge on any atom is 0.490 e. The molecule has 3 rings (SSSR count). The molecule has 1 amide bonds. The minimum absolute atomic E-state index is 0.0216. The van der Waals surface area contributed by atoms with Crippen LogP contribution in [0.1, 0.15) is 35.3 Å². The number of halogens is 6. The Morgan fingerprint density at radius 2 is 1.76 bits per heavy atom. The minimum Gasteiger partial charge on any atom is -0.475 e. The van der Waals surface area contributed by atoms with Crippen LogP contribution in [-0.2, 0) is 11.0 Å². The summed E-state index contributed by atoms with van der Waals surface area (Å²) < 4.78 is 69.9. The van der Waals surface area contributed by atoms with Gasteiger partial charge in [-0.2, -0.15) is 26.3 Å². The summed E-state index contributed by atoms with van der Waals surface area (Å²) in [5.41, 5.74) is -0.944. The summed E-state index contributed by atoms with van der Waals surface area (Å²) in [6, 6.07) is 2.19. The van der Waals surface area contributed by atoms with Crippen molar-refractivity contribution in [2.75, 3.05) is 26.7 Å². The standard InChI is InChI=1S/C15H18F3N3O.C2HF3O2/c1-20-8-5-14(20)4-2-7-21(10-14)13(22)11-3-6-19-12(9-11)15(16,17)18;3-2(4,5)1(6)7/h3,6,9H,2,4-5,7-8,10H2,1H3;(H,6,7). The van der Waals surface area contributed by atoms with E-state index in [1.54, 1.807) is 4.90 Å². The Bertz CT molecular complexity index is 768. The molecule has 2 fully saturated rings. The highest BCUT2D eigenvalue weighted by atomic mass is 19.4. The molecule has 1 spiro atoms. The number of hydrogen-bond donors (Lipinski definition) is 1. The predicted octanol–water partition coefficient (Wildman–Crippen LogP) is 3.04. The van der Waals surface area contributed by atoms with Gasteiger partial charge in [0.25, 0.3) is 5.91 Å². The Morgan fingerprint density at radius 1 is 1.14 bits per heavy atom. The Kier molecular flexibility index (Phi) is 6.45. The van der Waals surface area contributed by atoms with Gasteiger partial charge in [-0.3, -0.25) is 14.7 Å². The van der Waals surface area contributed by atoms with E-state index in [-0.39, 0.29) is 17.0 Å². The first-order valence-corrected chi connectivity index (χ1v) is 8.60. The summed E-state index contributed by atoms with van der Waals surface area (Å²) in [5.74, 6) is -3.10. The summed E-state index contributed by atoms with van der Waals surface area (Å²) in [4.78, 5) is 28.6. The van der Waals surface area contributed by atoms with E-state index >= 15 is 0 Å². The molecule has 162 valence electrons. The fourth-order valence-corrected chi connectivity index (χ4v) is 3.35. The number of nitrogens with zero attached hydrogens (tertiary/aromatic N) is 3. The maximum atomic E-state index is 12.7. The van der Waals surface area contributed by atoms with Gasteiger partial charge in [0.2, 0.25) is 0 Å². The van der Waals surface area contributed by atoms with Gasteiger partial charge in [-0.15, -0.1) is 0 Å². The predicted molar refractivity (Wildman–Crippen MR) is 88.0 cm³/mol. The molecule has 2 saturated heterocycles. The van der Waals surface area contributed by atoms with Gasteiger partial charge >= 0.3 is 18.3 Å². The summed E-state index contributed by atoms with van der Waals surface area (Å²) in [6.07, 6.45) is -5.61. The lowest BCUT2D eigenvalue weighted by atomic mass is 9.78. The Hall–Kier alpha value is -2.37. The number of aliphatic carboxylic acids is 1. The second kappa shape index (κ2) is 8.17. The van der Waals surface area contributed by atoms with Gasteiger partial charge in [-0.25, -0.2) is 4.79 Å². The lowest BCUT2D eigenvalue weighted by Gasteiger charge is -2.55. The number of carboxylic acid groups (broad SMARTS) is 1. The zero-order chi connectivity index (χ0) is 22.0. The van der Waals surface area contributed by atoms with Gasteiger partial charge in [0, 0.05) is 36.9 Å². The molecule has 1 aromatic heterocycles. The Morgan fingerprint density at radius 3 is 2.21 bits per heavy atom. The van der Waals surface area contributed by atoms with Crippen molar-refractivity contribution >= 4 is 11.9 Å². The SMILES string of the molecule is CN1CCC12CCCN(C(=O)c1ccnc(C(F)(F)F)c1)C2.O=C(O)C(F)(F)F. The van der Waals surface area contributed by atoms with Crippen molar-refractivity contribution in [1.29, 1.82) is 0 Å². The average Bonchev–Trinajstić information content (AvgIpc) is 2.65. The number of amides is 1. The quantitative estimate of drug-likeness (QED) is 0.698. The highest BCUT2D eigenvalue weighted by Crippen LogP contribution is 2.37. The molecule has 29 heavy (non-hydrogen) atoms. The monoisotopic (exact) mass is 427 g/mol. The number of carboxylic acids is 1. The van der Waals surface area contributed by atoms with Gasteiger partial charge in [0.15, 0.2) is 0 Å². The first-order chi connectivity index (χ1) is 13.3. The van der Waals surface area contributed by atoms with E-state index in [9.17, 15) is 31.1 Å². The van der Waals surface area contributed by atoms with Crippen molar-refractivity contribution in [2.45, 2.75) is 37.2 Å². The zero-order valence-electron chi connectivity index (χ0n) is 15.3. The topological polar surface area (TPSA) is 73.7 Å². The first-order valence-electron chi connectivity index (χ1n) is 8.60. The van der Waals surface area contributed by atoms with Crippen molar-refractivity contribution in [3.05, 3.63) is 29.6 Å². The van der Waals surface area contributed by atoms with Gasteiger partial charge in [-0.05, 0) is 38.4 Å². The van der Waals surface area contributed by atoms with Crippen LogP contribution in [0, 0.1) is 0 Å². The molecule has 1 aromatic rings. The largest absolute Gasteiger partial charge is 0.490 e. The third kappa shape index (κ3) is 5.37. The maximum absolute atomic E-state index is 12.7. The van der Waals surface area contributed by atoms with Crippen LogP contribution in [0.3, 0.4) is 0 Å². The van der Waals surface area contributed by atoms with Crippen LogP contribution >= 0.6 is 0 Å². The van der Waals surface area contributed by atoms with E-state index in [4.69, 9.17) is 9.90 Å². The minimum atomic E-state index is -5.08.